The molecule has 0 amide bonds. The number of ether oxygens (including phenoxy) is 1. The highest BCUT2D eigenvalue weighted by Crippen LogP contribution is 2.30. The molecule has 0 aliphatic rings. The molecule has 0 aliphatic heterocycles. The maximum atomic E-state index is 11.0. The maximum absolute atomic E-state index is 11.0. The first-order valence-corrected chi connectivity index (χ1v) is 6.11. The normalized spacial score (nSPS) is 10.2. The lowest BCUT2D eigenvalue weighted by Crippen LogP contribution is -2.01. The summed E-state index contributed by atoms with van der Waals surface area (Å²) in [7, 11) is 0. The van der Waals surface area contributed by atoms with Gasteiger partial charge in [0.15, 0.2) is 5.75 Å². The summed E-state index contributed by atoms with van der Waals surface area (Å²) in [4.78, 5) is 11.0. The van der Waals surface area contributed by atoms with Gasteiger partial charge in [0.1, 0.15) is 5.75 Å². The second-order valence-corrected chi connectivity index (χ2v) is 4.24. The lowest BCUT2D eigenvalue weighted by Gasteiger charge is -2.12. The molecule has 0 heterocycles. The molecule has 0 saturated carbocycles. The zero-order chi connectivity index (χ0) is 14.5. The molecule has 5 heteroatoms. The molecule has 0 saturated heterocycles. The van der Waals surface area contributed by atoms with Crippen LogP contribution in [0.4, 0.5) is 5.69 Å². The average Bonchev–Trinajstić information content (AvgIpc) is 2.43. The van der Waals surface area contributed by atoms with Crippen molar-refractivity contribution in [2.75, 3.05) is 12.3 Å². The number of nitrogen functional groups attached to an aromatic ring is 1. The Balaban J connectivity index is 2.34. The second kappa shape index (κ2) is 6.08. The molecule has 4 N–H and O–H groups in total. The number of nitrogens with two attached hydrogens (primary N) is 1. The maximum Gasteiger partial charge on any atom is 0.335 e. The molecule has 104 valence electrons. The van der Waals surface area contributed by atoms with Crippen LogP contribution in [0.15, 0.2) is 42.5 Å². The summed E-state index contributed by atoms with van der Waals surface area (Å²) in [5.74, 6) is -0.204. The number of carboxylic acid groups (broad SMARTS) is 1. The van der Waals surface area contributed by atoms with Gasteiger partial charge in [-0.05, 0) is 36.2 Å². The van der Waals surface area contributed by atoms with Crippen LogP contribution < -0.4 is 10.5 Å². The fraction of sp³-hybridized carbons (Fsp3) is 0.133. The molecule has 0 bridgehead atoms. The predicted molar refractivity (Wildman–Crippen MR) is 75.1 cm³/mol. The van der Waals surface area contributed by atoms with E-state index in [0.717, 1.165) is 5.56 Å². The third-order valence-corrected chi connectivity index (χ3v) is 2.83. The summed E-state index contributed by atoms with van der Waals surface area (Å²) in [5.41, 5.74) is 7.08. The zero-order valence-electron chi connectivity index (χ0n) is 10.7. The van der Waals surface area contributed by atoms with Crippen molar-refractivity contribution in [1.82, 2.24) is 0 Å². The van der Waals surface area contributed by atoms with E-state index in [-0.39, 0.29) is 17.9 Å². The minimum atomic E-state index is -1.04. The van der Waals surface area contributed by atoms with Crippen molar-refractivity contribution in [3.8, 4) is 11.5 Å². The van der Waals surface area contributed by atoms with Gasteiger partial charge in [-0.15, -0.1) is 0 Å². The monoisotopic (exact) mass is 273 g/mol. The standard InChI is InChI=1S/C15H15NO4/c16-12-6-5-11(15(18)19)9-14(12)20-13-4-2-1-3-10(13)7-8-17/h1-6,9,17H,7-8,16H2,(H,18,19). The predicted octanol–water partition coefficient (Wildman–Crippen LogP) is 2.29. The lowest BCUT2D eigenvalue weighted by atomic mass is 10.1. The van der Waals surface area contributed by atoms with E-state index in [1.54, 1.807) is 12.1 Å². The van der Waals surface area contributed by atoms with Crippen LogP contribution in [0.25, 0.3) is 0 Å². The smallest absolute Gasteiger partial charge is 0.335 e. The third-order valence-electron chi connectivity index (χ3n) is 2.83. The van der Waals surface area contributed by atoms with Crippen LogP contribution in [-0.2, 0) is 6.42 Å². The molecule has 0 fully saturated rings. The Morgan fingerprint density at radius 2 is 1.90 bits per heavy atom. The van der Waals surface area contributed by atoms with Crippen LogP contribution in [-0.4, -0.2) is 22.8 Å². The summed E-state index contributed by atoms with van der Waals surface area (Å²) in [6.45, 7) is 0.00498. The molecule has 20 heavy (non-hydrogen) atoms. The summed E-state index contributed by atoms with van der Waals surface area (Å²) in [5, 5.41) is 18.0. The highest BCUT2D eigenvalue weighted by atomic mass is 16.5. The van der Waals surface area contributed by atoms with Crippen molar-refractivity contribution in [3.05, 3.63) is 53.6 Å². The molecule has 5 nitrogen and oxygen atoms in total. The van der Waals surface area contributed by atoms with Crippen LogP contribution in [0, 0.1) is 0 Å². The van der Waals surface area contributed by atoms with E-state index in [1.807, 2.05) is 12.1 Å². The quantitative estimate of drug-likeness (QED) is 0.727. The summed E-state index contributed by atoms with van der Waals surface area (Å²) < 4.78 is 5.68. The van der Waals surface area contributed by atoms with Gasteiger partial charge < -0.3 is 20.7 Å². The number of aromatic carboxylic acids is 1. The number of rotatable bonds is 5. The SMILES string of the molecule is Nc1ccc(C(=O)O)cc1Oc1ccccc1CCO. The first-order valence-electron chi connectivity index (χ1n) is 6.11. The van der Waals surface area contributed by atoms with E-state index in [2.05, 4.69) is 0 Å². The number of aliphatic hydroxyl groups is 1. The largest absolute Gasteiger partial charge is 0.478 e. The Morgan fingerprint density at radius 1 is 1.15 bits per heavy atom. The van der Waals surface area contributed by atoms with Crippen molar-refractivity contribution >= 4 is 11.7 Å². The van der Waals surface area contributed by atoms with Crippen molar-refractivity contribution in [2.45, 2.75) is 6.42 Å². The van der Waals surface area contributed by atoms with E-state index >= 15 is 0 Å². The molecular weight excluding hydrogens is 258 g/mol. The van der Waals surface area contributed by atoms with Crippen LogP contribution in [0.2, 0.25) is 0 Å². The van der Waals surface area contributed by atoms with Crippen LogP contribution >= 0.6 is 0 Å². The van der Waals surface area contributed by atoms with Gasteiger partial charge in [-0.25, -0.2) is 4.79 Å². The Labute approximate surface area is 116 Å². The molecule has 0 aromatic heterocycles. The molecule has 2 aromatic carbocycles. The molecule has 0 aliphatic carbocycles. The fourth-order valence-corrected chi connectivity index (χ4v) is 1.80. The molecular formula is C15H15NO4. The molecule has 0 spiro atoms. The summed E-state index contributed by atoms with van der Waals surface area (Å²) in [6.07, 6.45) is 0.453. The first-order chi connectivity index (χ1) is 9.61. The minimum absolute atomic E-state index is 0.00498. The van der Waals surface area contributed by atoms with Crippen molar-refractivity contribution in [2.24, 2.45) is 0 Å². The van der Waals surface area contributed by atoms with Gasteiger partial charge in [-0.2, -0.15) is 0 Å². The Kier molecular flexibility index (Phi) is 4.22. The number of carbonyl (C=O) groups is 1. The third kappa shape index (κ3) is 3.07. The topological polar surface area (TPSA) is 92.8 Å². The molecule has 2 aromatic rings. The average molecular weight is 273 g/mol. The van der Waals surface area contributed by atoms with Crippen molar-refractivity contribution in [1.29, 1.82) is 0 Å². The minimum Gasteiger partial charge on any atom is -0.478 e. The first kappa shape index (κ1) is 13.9. The van der Waals surface area contributed by atoms with Gasteiger partial charge in [0.25, 0.3) is 0 Å². The molecule has 0 atom stereocenters. The lowest BCUT2D eigenvalue weighted by molar-refractivity contribution is 0.0696. The van der Waals surface area contributed by atoms with Gasteiger partial charge in [-0.1, -0.05) is 18.2 Å². The number of aliphatic hydroxyl groups excluding tert-OH is 1. The number of carboxylic acids is 1. The number of para-hydroxylation sites is 1. The second-order valence-electron chi connectivity index (χ2n) is 4.24. The van der Waals surface area contributed by atoms with E-state index in [4.69, 9.17) is 20.7 Å². The highest BCUT2D eigenvalue weighted by molar-refractivity contribution is 5.89. The Morgan fingerprint density at radius 3 is 2.60 bits per heavy atom. The van der Waals surface area contributed by atoms with Crippen LogP contribution in [0.1, 0.15) is 15.9 Å². The molecule has 0 unspecified atom stereocenters. The molecule has 0 radical (unpaired) electrons. The number of hydrogen-bond donors (Lipinski definition) is 3. The van der Waals surface area contributed by atoms with Gasteiger partial charge >= 0.3 is 5.97 Å². The summed E-state index contributed by atoms with van der Waals surface area (Å²) >= 11 is 0. The number of benzene rings is 2. The highest BCUT2D eigenvalue weighted by Gasteiger charge is 2.10. The Hall–Kier alpha value is -2.53. The van der Waals surface area contributed by atoms with Gasteiger partial charge in [0, 0.05) is 6.61 Å². The number of anilines is 1. The Bertz CT molecular complexity index is 625. The van der Waals surface area contributed by atoms with Gasteiger partial charge in [0.05, 0.1) is 11.3 Å². The number of hydrogen-bond acceptors (Lipinski definition) is 4. The van der Waals surface area contributed by atoms with E-state index in [9.17, 15) is 4.79 Å². The zero-order valence-corrected chi connectivity index (χ0v) is 10.7. The van der Waals surface area contributed by atoms with E-state index in [1.165, 1.54) is 18.2 Å². The fourth-order valence-electron chi connectivity index (χ4n) is 1.80. The summed E-state index contributed by atoms with van der Waals surface area (Å²) in [6, 6.07) is 11.5. The van der Waals surface area contributed by atoms with E-state index in [0.29, 0.717) is 17.9 Å². The van der Waals surface area contributed by atoms with Crippen LogP contribution in [0.3, 0.4) is 0 Å². The van der Waals surface area contributed by atoms with Crippen molar-refractivity contribution in [3.63, 3.8) is 0 Å². The molecule has 2 rings (SSSR count). The van der Waals surface area contributed by atoms with Crippen molar-refractivity contribution < 1.29 is 19.7 Å². The van der Waals surface area contributed by atoms with Gasteiger partial charge in [-0.3, -0.25) is 0 Å². The van der Waals surface area contributed by atoms with Gasteiger partial charge in [0.2, 0.25) is 0 Å². The van der Waals surface area contributed by atoms with E-state index < -0.39 is 5.97 Å². The van der Waals surface area contributed by atoms with Crippen LogP contribution in [0.5, 0.6) is 11.5 Å².